The van der Waals surface area contributed by atoms with Gasteiger partial charge in [-0.05, 0) is 72.5 Å². The average molecular weight is 292 g/mol. The number of rotatable bonds is 5. The van der Waals surface area contributed by atoms with Crippen molar-refractivity contribution < 1.29 is 0 Å². The van der Waals surface area contributed by atoms with Gasteiger partial charge >= 0.3 is 0 Å². The summed E-state index contributed by atoms with van der Waals surface area (Å²) in [6.07, 6.45) is 4.93. The van der Waals surface area contributed by atoms with E-state index in [2.05, 4.69) is 42.1 Å². The first-order valence-corrected chi connectivity index (χ1v) is 8.55. The Balaban J connectivity index is 1.83. The molecule has 0 spiro atoms. The molecule has 2 fully saturated rings. The molecule has 0 aromatic rings. The van der Waals surface area contributed by atoms with Crippen LogP contribution in [0.2, 0.25) is 0 Å². The van der Waals surface area contributed by atoms with Gasteiger partial charge in [0.15, 0.2) is 0 Å². The van der Waals surface area contributed by atoms with Gasteiger partial charge < -0.3 is 9.80 Å². The monoisotopic (exact) mass is 292 g/mol. The van der Waals surface area contributed by atoms with Crippen molar-refractivity contribution >= 4 is 0 Å². The van der Waals surface area contributed by atoms with Crippen molar-refractivity contribution in [3.8, 4) is 6.07 Å². The zero-order valence-corrected chi connectivity index (χ0v) is 14.2. The quantitative estimate of drug-likeness (QED) is 0.842. The zero-order chi connectivity index (χ0) is 15.5. The number of likely N-dealkylation sites (tertiary alicyclic amines) is 2. The highest BCUT2D eigenvalue weighted by Gasteiger charge is 2.35. The molecule has 120 valence electrons. The third-order valence-corrected chi connectivity index (χ3v) is 5.21. The second-order valence-electron chi connectivity index (χ2n) is 7.53. The molecule has 0 aromatic heterocycles. The van der Waals surface area contributed by atoms with Crippen LogP contribution in [0.4, 0.5) is 0 Å². The van der Waals surface area contributed by atoms with Crippen LogP contribution in [0.3, 0.4) is 0 Å². The van der Waals surface area contributed by atoms with E-state index >= 15 is 0 Å². The van der Waals surface area contributed by atoms with Crippen molar-refractivity contribution in [2.75, 3.05) is 33.2 Å². The molecule has 2 rings (SSSR count). The first kappa shape index (κ1) is 16.7. The van der Waals surface area contributed by atoms with E-state index in [-0.39, 0.29) is 0 Å². The molecule has 0 aromatic carbocycles. The number of nitrogens with one attached hydrogen (secondary N) is 1. The largest absolute Gasteiger partial charge is 0.303 e. The molecule has 2 aliphatic rings. The van der Waals surface area contributed by atoms with Gasteiger partial charge in [0.1, 0.15) is 5.54 Å². The predicted octanol–water partition coefficient (Wildman–Crippen LogP) is 2.07. The Labute approximate surface area is 130 Å². The first-order chi connectivity index (χ1) is 9.93. The van der Waals surface area contributed by atoms with Crippen LogP contribution in [-0.2, 0) is 0 Å². The number of nitriles is 1. The van der Waals surface area contributed by atoms with E-state index in [1.165, 1.54) is 38.9 Å². The van der Waals surface area contributed by atoms with Gasteiger partial charge in [0.05, 0.1) is 6.07 Å². The molecule has 2 aliphatic heterocycles. The molecule has 4 heteroatoms. The highest BCUT2D eigenvalue weighted by Crippen LogP contribution is 2.29. The Kier molecular flexibility index (Phi) is 5.65. The van der Waals surface area contributed by atoms with E-state index in [0.29, 0.717) is 6.04 Å². The number of fused-ring (bicyclic) bond motifs is 1. The van der Waals surface area contributed by atoms with Crippen molar-refractivity contribution in [1.29, 1.82) is 5.26 Å². The van der Waals surface area contributed by atoms with Crippen LogP contribution < -0.4 is 5.32 Å². The summed E-state index contributed by atoms with van der Waals surface area (Å²) in [4.78, 5) is 5.14. The Hall–Kier alpha value is -0.630. The number of hydrogen-bond donors (Lipinski definition) is 1. The number of piperidine rings is 2. The predicted molar refractivity (Wildman–Crippen MR) is 87.1 cm³/mol. The Morgan fingerprint density at radius 3 is 2.76 bits per heavy atom. The molecular weight excluding hydrogens is 260 g/mol. The van der Waals surface area contributed by atoms with Crippen molar-refractivity contribution in [2.24, 2.45) is 5.92 Å². The summed E-state index contributed by atoms with van der Waals surface area (Å²) in [6, 6.07) is 3.62. The molecule has 3 atom stereocenters. The number of hydrogen-bond acceptors (Lipinski definition) is 4. The van der Waals surface area contributed by atoms with Gasteiger partial charge in [0.2, 0.25) is 0 Å². The summed E-state index contributed by atoms with van der Waals surface area (Å²) < 4.78 is 0. The maximum absolute atomic E-state index is 9.45. The van der Waals surface area contributed by atoms with Crippen LogP contribution in [0.1, 0.15) is 46.5 Å². The van der Waals surface area contributed by atoms with Gasteiger partial charge in [-0.2, -0.15) is 5.26 Å². The van der Waals surface area contributed by atoms with Crippen LogP contribution >= 0.6 is 0 Å². The summed E-state index contributed by atoms with van der Waals surface area (Å²) in [7, 11) is 2.28. The lowest BCUT2D eigenvalue weighted by Crippen LogP contribution is -2.54. The lowest BCUT2D eigenvalue weighted by atomic mass is 9.84. The molecule has 21 heavy (non-hydrogen) atoms. The third kappa shape index (κ3) is 4.42. The van der Waals surface area contributed by atoms with Crippen LogP contribution in [0.5, 0.6) is 0 Å². The van der Waals surface area contributed by atoms with E-state index < -0.39 is 5.54 Å². The normalized spacial score (nSPS) is 30.7. The third-order valence-electron chi connectivity index (χ3n) is 5.21. The van der Waals surface area contributed by atoms with Gasteiger partial charge in [-0.15, -0.1) is 0 Å². The molecule has 0 radical (unpaired) electrons. The van der Waals surface area contributed by atoms with Gasteiger partial charge in [-0.3, -0.25) is 5.32 Å². The Bertz CT molecular complexity index is 375. The molecule has 2 saturated heterocycles. The lowest BCUT2D eigenvalue weighted by molar-refractivity contribution is 0.0362. The summed E-state index contributed by atoms with van der Waals surface area (Å²) in [6.45, 7) is 11.0. The molecule has 0 amide bonds. The summed E-state index contributed by atoms with van der Waals surface area (Å²) in [5, 5.41) is 12.9. The Morgan fingerprint density at radius 2 is 2.10 bits per heavy atom. The molecular formula is C17H32N4. The minimum absolute atomic E-state index is 0.354. The summed E-state index contributed by atoms with van der Waals surface area (Å²) >= 11 is 0. The van der Waals surface area contributed by atoms with Gasteiger partial charge in [0.25, 0.3) is 0 Å². The van der Waals surface area contributed by atoms with E-state index in [1.807, 2.05) is 6.92 Å². The lowest BCUT2D eigenvalue weighted by Gasteiger charge is -2.46. The fraction of sp³-hybridized carbons (Fsp3) is 0.941. The van der Waals surface area contributed by atoms with Gasteiger partial charge in [0, 0.05) is 25.2 Å². The topological polar surface area (TPSA) is 42.3 Å². The molecule has 0 bridgehead atoms. The minimum Gasteiger partial charge on any atom is -0.303 e. The standard InChI is InChI=1S/C17H32N4/c1-14(2)19-17(3,13-18)8-11-21-10-7-16-15(12-21)6-5-9-20(16)4/h14-16,19H,5-12H2,1-4H3. The highest BCUT2D eigenvalue weighted by molar-refractivity contribution is 5.05. The average Bonchev–Trinajstić information content (AvgIpc) is 2.45. The molecule has 0 saturated carbocycles. The summed E-state index contributed by atoms with van der Waals surface area (Å²) in [5.41, 5.74) is -0.394. The fourth-order valence-electron chi connectivity index (χ4n) is 4.11. The van der Waals surface area contributed by atoms with Crippen LogP contribution in [0, 0.1) is 17.2 Å². The minimum atomic E-state index is -0.394. The van der Waals surface area contributed by atoms with Crippen molar-refractivity contribution in [1.82, 2.24) is 15.1 Å². The second-order valence-corrected chi connectivity index (χ2v) is 7.53. The van der Waals surface area contributed by atoms with E-state index in [1.54, 1.807) is 0 Å². The SMILES string of the molecule is CC(C)NC(C)(C#N)CCN1CCC2C(CCCN2C)C1. The van der Waals surface area contributed by atoms with Gasteiger partial charge in [-0.25, -0.2) is 0 Å². The van der Waals surface area contributed by atoms with E-state index in [9.17, 15) is 5.26 Å². The molecule has 0 aliphatic carbocycles. The maximum Gasteiger partial charge on any atom is 0.105 e. The van der Waals surface area contributed by atoms with Crippen molar-refractivity contribution in [3.05, 3.63) is 0 Å². The highest BCUT2D eigenvalue weighted by atomic mass is 15.2. The Morgan fingerprint density at radius 1 is 1.33 bits per heavy atom. The molecule has 2 heterocycles. The van der Waals surface area contributed by atoms with Gasteiger partial charge in [-0.1, -0.05) is 0 Å². The fourth-order valence-corrected chi connectivity index (χ4v) is 4.11. The molecule has 4 nitrogen and oxygen atoms in total. The maximum atomic E-state index is 9.45. The first-order valence-electron chi connectivity index (χ1n) is 8.55. The van der Waals surface area contributed by atoms with Crippen molar-refractivity contribution in [3.63, 3.8) is 0 Å². The number of nitrogens with zero attached hydrogens (tertiary/aromatic N) is 3. The second kappa shape index (κ2) is 7.09. The molecule has 1 N–H and O–H groups in total. The van der Waals surface area contributed by atoms with Crippen LogP contribution in [-0.4, -0.2) is 60.6 Å². The van der Waals surface area contributed by atoms with E-state index in [4.69, 9.17) is 0 Å². The zero-order valence-electron chi connectivity index (χ0n) is 14.2. The van der Waals surface area contributed by atoms with E-state index in [0.717, 1.165) is 24.9 Å². The molecule has 3 unspecified atom stereocenters. The van der Waals surface area contributed by atoms with Crippen LogP contribution in [0.25, 0.3) is 0 Å². The van der Waals surface area contributed by atoms with Crippen molar-refractivity contribution in [2.45, 2.75) is 64.1 Å². The smallest absolute Gasteiger partial charge is 0.105 e. The van der Waals surface area contributed by atoms with Crippen LogP contribution in [0.15, 0.2) is 0 Å². The summed E-state index contributed by atoms with van der Waals surface area (Å²) in [5.74, 6) is 0.837.